The molecule has 1 heterocycles. The molecule has 2 N–H and O–H groups in total. The highest BCUT2D eigenvalue weighted by Crippen LogP contribution is 2.15. The van der Waals surface area contributed by atoms with Crippen LogP contribution in [0.4, 0.5) is 0 Å². The van der Waals surface area contributed by atoms with Crippen LogP contribution in [0.25, 0.3) is 0 Å². The van der Waals surface area contributed by atoms with E-state index in [0.717, 1.165) is 25.1 Å². The van der Waals surface area contributed by atoms with Gasteiger partial charge in [-0.3, -0.25) is 4.79 Å². The molecule has 0 aromatic heterocycles. The van der Waals surface area contributed by atoms with Gasteiger partial charge < -0.3 is 15.4 Å². The van der Waals surface area contributed by atoms with Gasteiger partial charge in [0.2, 0.25) is 5.91 Å². The van der Waals surface area contributed by atoms with E-state index in [2.05, 4.69) is 16.7 Å². The molecule has 1 aliphatic heterocycles. The maximum Gasteiger partial charge on any atom is 0.237 e. The molecule has 1 fully saturated rings. The lowest BCUT2D eigenvalue weighted by atomic mass is 10.1. The molecular formula is C15H22N2O2. The van der Waals surface area contributed by atoms with Gasteiger partial charge in [0.1, 0.15) is 12.4 Å². The molecule has 4 nitrogen and oxygen atoms in total. The maximum absolute atomic E-state index is 11.7. The molecule has 2 rings (SSSR count). The van der Waals surface area contributed by atoms with Crippen LogP contribution in [-0.4, -0.2) is 31.6 Å². The molecule has 0 unspecified atom stereocenters. The van der Waals surface area contributed by atoms with Crippen molar-refractivity contribution < 1.29 is 9.53 Å². The molecule has 1 aliphatic rings. The molecule has 1 aromatic rings. The fourth-order valence-electron chi connectivity index (χ4n) is 2.39. The normalized spacial score (nSPS) is 18.3. The lowest BCUT2D eigenvalue weighted by molar-refractivity contribution is -0.122. The largest absolute Gasteiger partial charge is 0.492 e. The van der Waals surface area contributed by atoms with Gasteiger partial charge in [0.05, 0.1) is 12.6 Å². The summed E-state index contributed by atoms with van der Waals surface area (Å²) in [7, 11) is 0. The minimum Gasteiger partial charge on any atom is -0.492 e. The predicted octanol–water partition coefficient (Wildman–Crippen LogP) is 1.55. The number of aryl methyl sites for hydroxylation is 2. The van der Waals surface area contributed by atoms with Crippen LogP contribution in [0.15, 0.2) is 18.2 Å². The summed E-state index contributed by atoms with van der Waals surface area (Å²) in [5.74, 6) is 0.951. The van der Waals surface area contributed by atoms with Crippen LogP contribution < -0.4 is 15.4 Å². The fraction of sp³-hybridized carbons (Fsp3) is 0.533. The van der Waals surface area contributed by atoms with Crippen molar-refractivity contribution >= 4 is 5.91 Å². The quantitative estimate of drug-likeness (QED) is 0.792. The minimum atomic E-state index is -0.0128. The summed E-state index contributed by atoms with van der Waals surface area (Å²) in [5, 5.41) is 6.07. The van der Waals surface area contributed by atoms with Gasteiger partial charge >= 0.3 is 0 Å². The molecule has 0 saturated carbocycles. The zero-order chi connectivity index (χ0) is 13.7. The van der Waals surface area contributed by atoms with Crippen molar-refractivity contribution in [2.75, 3.05) is 19.7 Å². The third kappa shape index (κ3) is 4.24. The number of hydrogen-bond acceptors (Lipinski definition) is 3. The van der Waals surface area contributed by atoms with Gasteiger partial charge in [-0.25, -0.2) is 0 Å². The number of amides is 1. The molecular weight excluding hydrogens is 240 g/mol. The number of carbonyl (C=O) groups excluding carboxylic acids is 1. The maximum atomic E-state index is 11.7. The van der Waals surface area contributed by atoms with Gasteiger partial charge in [-0.2, -0.15) is 0 Å². The molecule has 0 bridgehead atoms. The first-order valence-electron chi connectivity index (χ1n) is 6.87. The molecule has 1 amide bonds. The van der Waals surface area contributed by atoms with Gasteiger partial charge in [-0.1, -0.05) is 6.07 Å². The topological polar surface area (TPSA) is 50.4 Å². The van der Waals surface area contributed by atoms with Crippen molar-refractivity contribution in [3.8, 4) is 5.75 Å². The second-order valence-electron chi connectivity index (χ2n) is 5.11. The van der Waals surface area contributed by atoms with Crippen molar-refractivity contribution in [1.29, 1.82) is 0 Å². The van der Waals surface area contributed by atoms with Gasteiger partial charge in [0, 0.05) is 0 Å². The van der Waals surface area contributed by atoms with Gasteiger partial charge in [-0.05, 0) is 56.5 Å². The van der Waals surface area contributed by atoms with Crippen molar-refractivity contribution in [2.24, 2.45) is 0 Å². The van der Waals surface area contributed by atoms with Gasteiger partial charge in [0.25, 0.3) is 0 Å². The highest BCUT2D eigenvalue weighted by molar-refractivity contribution is 5.81. The number of nitrogens with one attached hydrogen (secondary N) is 2. The predicted molar refractivity (Wildman–Crippen MR) is 75.4 cm³/mol. The van der Waals surface area contributed by atoms with E-state index in [4.69, 9.17) is 4.74 Å². The lowest BCUT2D eigenvalue weighted by Crippen LogP contribution is -2.41. The molecule has 104 valence electrons. The first-order valence-corrected chi connectivity index (χ1v) is 6.87. The van der Waals surface area contributed by atoms with Crippen molar-refractivity contribution in [1.82, 2.24) is 10.6 Å². The van der Waals surface area contributed by atoms with Gasteiger partial charge in [-0.15, -0.1) is 0 Å². The highest BCUT2D eigenvalue weighted by Gasteiger charge is 2.21. The SMILES string of the molecule is Cc1cc(C)cc(OCCNC(=O)[C@@H]2CCCN2)c1. The molecule has 0 aliphatic carbocycles. The third-order valence-corrected chi connectivity index (χ3v) is 3.24. The van der Waals surface area contributed by atoms with Crippen LogP contribution in [0, 0.1) is 13.8 Å². The summed E-state index contributed by atoms with van der Waals surface area (Å²) in [4.78, 5) is 11.7. The standard InChI is InChI=1S/C15H22N2O2/c1-11-8-12(2)10-13(9-11)19-7-6-17-15(18)14-4-3-5-16-14/h8-10,14,16H,3-7H2,1-2H3,(H,17,18)/t14-/m0/s1. The summed E-state index contributed by atoms with van der Waals surface area (Å²) < 4.78 is 5.65. The zero-order valence-electron chi connectivity index (χ0n) is 11.7. The Labute approximate surface area is 114 Å². The van der Waals surface area contributed by atoms with Gasteiger partial charge in [0.15, 0.2) is 0 Å². The van der Waals surface area contributed by atoms with Crippen LogP contribution in [0.1, 0.15) is 24.0 Å². The Morgan fingerprint density at radius 1 is 1.37 bits per heavy atom. The van der Waals surface area contributed by atoms with Crippen LogP contribution in [0.3, 0.4) is 0 Å². The summed E-state index contributed by atoms with van der Waals surface area (Å²) in [6.07, 6.45) is 2.01. The Bertz CT molecular complexity index is 420. The fourth-order valence-corrected chi connectivity index (χ4v) is 2.39. The molecule has 0 radical (unpaired) electrons. The Balaban J connectivity index is 1.70. The van der Waals surface area contributed by atoms with E-state index >= 15 is 0 Å². The second kappa shape index (κ2) is 6.57. The third-order valence-electron chi connectivity index (χ3n) is 3.24. The summed E-state index contributed by atoms with van der Waals surface area (Å²) >= 11 is 0. The number of rotatable bonds is 5. The van der Waals surface area contributed by atoms with E-state index in [1.54, 1.807) is 0 Å². The van der Waals surface area contributed by atoms with E-state index in [1.165, 1.54) is 11.1 Å². The van der Waals surface area contributed by atoms with Crippen LogP contribution >= 0.6 is 0 Å². The lowest BCUT2D eigenvalue weighted by Gasteiger charge is -2.12. The average Bonchev–Trinajstić information content (AvgIpc) is 2.87. The molecule has 1 saturated heterocycles. The Hall–Kier alpha value is -1.55. The summed E-state index contributed by atoms with van der Waals surface area (Å²) in [5.41, 5.74) is 2.38. The Morgan fingerprint density at radius 2 is 2.11 bits per heavy atom. The Morgan fingerprint density at radius 3 is 2.74 bits per heavy atom. The number of ether oxygens (including phenoxy) is 1. The second-order valence-corrected chi connectivity index (χ2v) is 5.11. The number of benzene rings is 1. The zero-order valence-corrected chi connectivity index (χ0v) is 11.7. The Kier molecular flexibility index (Phi) is 4.80. The minimum absolute atomic E-state index is 0.0128. The molecule has 4 heteroatoms. The van der Waals surface area contributed by atoms with Crippen molar-refractivity contribution in [3.63, 3.8) is 0 Å². The molecule has 1 aromatic carbocycles. The van der Waals surface area contributed by atoms with E-state index in [-0.39, 0.29) is 11.9 Å². The van der Waals surface area contributed by atoms with E-state index < -0.39 is 0 Å². The van der Waals surface area contributed by atoms with E-state index in [9.17, 15) is 4.79 Å². The van der Waals surface area contributed by atoms with Crippen LogP contribution in [-0.2, 0) is 4.79 Å². The average molecular weight is 262 g/mol. The van der Waals surface area contributed by atoms with Crippen LogP contribution in [0.5, 0.6) is 5.75 Å². The smallest absolute Gasteiger partial charge is 0.237 e. The monoisotopic (exact) mass is 262 g/mol. The molecule has 19 heavy (non-hydrogen) atoms. The highest BCUT2D eigenvalue weighted by atomic mass is 16.5. The molecule has 1 atom stereocenters. The summed E-state index contributed by atoms with van der Waals surface area (Å²) in [6, 6.07) is 6.11. The molecule has 0 spiro atoms. The van der Waals surface area contributed by atoms with E-state index in [1.807, 2.05) is 26.0 Å². The van der Waals surface area contributed by atoms with E-state index in [0.29, 0.717) is 13.2 Å². The number of hydrogen-bond donors (Lipinski definition) is 2. The first-order chi connectivity index (χ1) is 9.15. The number of carbonyl (C=O) groups is 1. The van der Waals surface area contributed by atoms with Crippen LogP contribution in [0.2, 0.25) is 0 Å². The van der Waals surface area contributed by atoms with Crippen molar-refractivity contribution in [2.45, 2.75) is 32.7 Å². The van der Waals surface area contributed by atoms with Crippen molar-refractivity contribution in [3.05, 3.63) is 29.3 Å². The first kappa shape index (κ1) is 13.9. The summed E-state index contributed by atoms with van der Waals surface area (Å²) in [6.45, 7) is 6.09.